The van der Waals surface area contributed by atoms with Crippen LogP contribution in [0.1, 0.15) is 51.5 Å². The second kappa shape index (κ2) is 6.09. The highest BCUT2D eigenvalue weighted by Gasteiger charge is 2.24. The van der Waals surface area contributed by atoms with Gasteiger partial charge in [-0.1, -0.05) is 13.3 Å². The molecule has 4 rings (SSSR count). The van der Waals surface area contributed by atoms with Gasteiger partial charge in [-0.25, -0.2) is 14.6 Å². The second-order valence-electron chi connectivity index (χ2n) is 6.85. The Morgan fingerprint density at radius 1 is 1.38 bits per heavy atom. The van der Waals surface area contributed by atoms with E-state index in [1.807, 2.05) is 12.3 Å². The van der Waals surface area contributed by atoms with E-state index in [1.165, 1.54) is 25.7 Å². The largest absolute Gasteiger partial charge is 0.385 e. The molecule has 2 atom stereocenters. The zero-order valence-corrected chi connectivity index (χ0v) is 14.4. The lowest BCUT2D eigenvalue weighted by Gasteiger charge is -2.27. The Hall–Kier alpha value is -2.08. The summed E-state index contributed by atoms with van der Waals surface area (Å²) in [6.07, 6.45) is 7.99. The third kappa shape index (κ3) is 2.45. The van der Waals surface area contributed by atoms with E-state index >= 15 is 0 Å². The minimum absolute atomic E-state index is 0.614. The van der Waals surface area contributed by atoms with E-state index in [4.69, 9.17) is 0 Å². The van der Waals surface area contributed by atoms with E-state index in [2.05, 4.69) is 31.6 Å². The van der Waals surface area contributed by atoms with Crippen LogP contribution in [0.5, 0.6) is 0 Å². The van der Waals surface area contributed by atoms with Crippen molar-refractivity contribution in [3.63, 3.8) is 0 Å². The topological polar surface area (TPSA) is 70.0 Å². The fourth-order valence-corrected chi connectivity index (χ4v) is 3.89. The van der Waals surface area contributed by atoms with E-state index < -0.39 is 6.10 Å². The minimum atomic E-state index is -0.614. The highest BCUT2D eigenvalue weighted by atomic mass is 16.3. The second-order valence-corrected chi connectivity index (χ2v) is 6.85. The molecule has 0 aromatic carbocycles. The first-order valence-corrected chi connectivity index (χ1v) is 8.96. The van der Waals surface area contributed by atoms with Crippen molar-refractivity contribution in [3.05, 3.63) is 24.3 Å². The molecule has 3 aromatic heterocycles. The number of H-pyrrole nitrogens is 1. The lowest BCUT2D eigenvalue weighted by Crippen LogP contribution is -2.37. The Morgan fingerprint density at radius 2 is 2.25 bits per heavy atom. The summed E-state index contributed by atoms with van der Waals surface area (Å²) in [6, 6.07) is 2.04. The number of imidazole rings is 1. The Bertz CT molecular complexity index is 850. The van der Waals surface area contributed by atoms with E-state index in [0.29, 0.717) is 5.82 Å². The smallest absolute Gasteiger partial charge is 0.157 e. The monoisotopic (exact) mass is 327 g/mol. The number of hydrogen-bond donors (Lipinski definition) is 2. The van der Waals surface area contributed by atoms with Crippen LogP contribution in [0.4, 0.5) is 0 Å². The van der Waals surface area contributed by atoms with Crippen LogP contribution in [-0.2, 0) is 0 Å². The highest BCUT2D eigenvalue weighted by molar-refractivity contribution is 6.01. The van der Waals surface area contributed by atoms with Crippen LogP contribution in [-0.4, -0.2) is 37.8 Å². The summed E-state index contributed by atoms with van der Waals surface area (Å²) in [5, 5.41) is 13.7. The molecular formula is C18H25N5O. The van der Waals surface area contributed by atoms with E-state index in [9.17, 15) is 5.11 Å². The molecule has 3 aromatic rings. The molecule has 6 nitrogen and oxygen atoms in total. The average Bonchev–Trinajstić information content (AvgIpc) is 3.12. The predicted molar refractivity (Wildman–Crippen MR) is 95.6 cm³/mol. The van der Waals surface area contributed by atoms with Gasteiger partial charge in [0.2, 0.25) is 0 Å². The van der Waals surface area contributed by atoms with Gasteiger partial charge in [0, 0.05) is 24.7 Å². The predicted octanol–water partition coefficient (Wildman–Crippen LogP) is 3.11. The van der Waals surface area contributed by atoms with Gasteiger partial charge in [0.15, 0.2) is 5.82 Å². The number of fused-ring (bicyclic) bond motifs is 3. The molecule has 128 valence electrons. The minimum Gasteiger partial charge on any atom is -0.385 e. The van der Waals surface area contributed by atoms with Gasteiger partial charge in [-0.3, -0.25) is 0 Å². The van der Waals surface area contributed by atoms with Crippen LogP contribution in [0, 0.1) is 5.92 Å². The molecule has 24 heavy (non-hydrogen) atoms. The van der Waals surface area contributed by atoms with Crippen LogP contribution >= 0.6 is 0 Å². The zero-order valence-electron chi connectivity index (χ0n) is 14.4. The van der Waals surface area contributed by atoms with Crippen molar-refractivity contribution in [2.75, 3.05) is 18.1 Å². The number of nitrogens with one attached hydrogen (secondary N) is 1. The number of rotatable bonds is 3. The summed E-state index contributed by atoms with van der Waals surface area (Å²) < 4.78 is 2.15. The Morgan fingerprint density at radius 3 is 3.04 bits per heavy atom. The molecule has 2 N–H and O–H groups in total. The zero-order chi connectivity index (χ0) is 16.7. The molecule has 0 spiro atoms. The van der Waals surface area contributed by atoms with Crippen molar-refractivity contribution in [1.29, 1.82) is 0 Å². The van der Waals surface area contributed by atoms with Crippen molar-refractivity contribution < 1.29 is 5.11 Å². The first-order valence-electron chi connectivity index (χ1n) is 8.96. The normalized spacial score (nSPS) is 20.6. The maximum atomic E-state index is 10.3. The molecule has 0 amide bonds. The summed E-state index contributed by atoms with van der Waals surface area (Å²) in [6.45, 7) is 6.06. The first kappa shape index (κ1) is 15.4. The van der Waals surface area contributed by atoms with Crippen LogP contribution in [0.3, 0.4) is 0 Å². The lowest BCUT2D eigenvalue weighted by molar-refractivity contribution is 0.183. The van der Waals surface area contributed by atoms with Gasteiger partial charge in [-0.05, 0) is 38.2 Å². The quantitative estimate of drug-likeness (QED) is 0.775. The molecular weight excluding hydrogens is 302 g/mol. The van der Waals surface area contributed by atoms with Crippen molar-refractivity contribution in [2.24, 2.45) is 5.92 Å². The van der Waals surface area contributed by atoms with Gasteiger partial charge >= 0.3 is 0 Å². The Balaban J connectivity index is 1.88. The molecule has 1 fully saturated rings. The highest BCUT2D eigenvalue weighted by Crippen LogP contribution is 2.29. The van der Waals surface area contributed by atoms with Crippen molar-refractivity contribution in [1.82, 2.24) is 19.6 Å². The van der Waals surface area contributed by atoms with Crippen molar-refractivity contribution >= 4 is 22.1 Å². The van der Waals surface area contributed by atoms with Gasteiger partial charge in [0.05, 0.1) is 6.20 Å². The summed E-state index contributed by atoms with van der Waals surface area (Å²) in [4.78, 5) is 12.3. The number of aliphatic hydroxyl groups excluding tert-OH is 1. The Kier molecular flexibility index (Phi) is 3.92. The molecule has 0 saturated carbocycles. The van der Waals surface area contributed by atoms with Crippen LogP contribution in [0.25, 0.3) is 22.1 Å². The summed E-state index contributed by atoms with van der Waals surface area (Å²) in [7, 11) is 0. The van der Waals surface area contributed by atoms with Crippen molar-refractivity contribution in [2.45, 2.75) is 45.6 Å². The number of aromatic amines is 1. The third-order valence-electron chi connectivity index (χ3n) is 5.26. The molecule has 1 unspecified atom stereocenters. The Labute approximate surface area is 141 Å². The molecule has 1 saturated heterocycles. The molecule has 4 heterocycles. The van der Waals surface area contributed by atoms with E-state index in [1.54, 1.807) is 13.1 Å². The van der Waals surface area contributed by atoms with Gasteiger partial charge < -0.3 is 15.1 Å². The number of nitrogens with zero attached hydrogens (tertiary/aromatic N) is 4. The van der Waals surface area contributed by atoms with Gasteiger partial charge in [-0.15, -0.1) is 0 Å². The molecule has 6 heteroatoms. The fourth-order valence-electron chi connectivity index (χ4n) is 3.89. The van der Waals surface area contributed by atoms with Crippen LogP contribution in [0.15, 0.2) is 18.5 Å². The average molecular weight is 327 g/mol. The van der Waals surface area contributed by atoms with Gasteiger partial charge in [0.25, 0.3) is 0 Å². The summed E-state index contributed by atoms with van der Waals surface area (Å²) >= 11 is 0. The molecule has 0 aliphatic carbocycles. The maximum absolute atomic E-state index is 10.3. The number of pyridine rings is 1. The number of hydrogen-bond acceptors (Lipinski definition) is 4. The molecule has 1 aliphatic heterocycles. The molecule has 0 radical (unpaired) electrons. The lowest BCUT2D eigenvalue weighted by atomic mass is 9.98. The molecule has 1 aliphatic rings. The fraction of sp³-hybridized carbons (Fsp3) is 0.556. The van der Waals surface area contributed by atoms with Gasteiger partial charge in [0.1, 0.15) is 22.8 Å². The maximum Gasteiger partial charge on any atom is 0.157 e. The van der Waals surface area contributed by atoms with E-state index in [-0.39, 0.29) is 0 Å². The van der Waals surface area contributed by atoms with Crippen molar-refractivity contribution in [3.8, 4) is 0 Å². The van der Waals surface area contributed by atoms with Crippen LogP contribution < -0.4 is 5.01 Å². The summed E-state index contributed by atoms with van der Waals surface area (Å²) in [5.74, 6) is 1.50. The first-order chi connectivity index (χ1) is 11.7. The third-order valence-corrected chi connectivity index (χ3v) is 5.26. The standard InChI is InChI=1S/C18H25N5O/c1-3-13-5-4-9-22(10-7-13)23-16-14-6-8-19-17(14)20-11-15(16)21-18(23)12(2)24/h6,8,11-13,24H,3-5,7,9-10H2,1-2H3,(H,19,20)/t12-,13?/m1/s1. The van der Waals surface area contributed by atoms with Gasteiger partial charge in [-0.2, -0.15) is 0 Å². The molecule has 0 bridgehead atoms. The SMILES string of the molecule is CCC1CCCN(n2c([C@@H](C)O)nc3cnc4[nH]ccc4c32)CC1. The van der Waals surface area contributed by atoms with Crippen LogP contribution in [0.2, 0.25) is 0 Å². The number of aromatic nitrogens is 4. The number of aliphatic hydroxyl groups is 1. The van der Waals surface area contributed by atoms with E-state index in [0.717, 1.165) is 41.1 Å². The summed E-state index contributed by atoms with van der Waals surface area (Å²) in [5.41, 5.74) is 2.75.